The number of hydrogen-bond donors (Lipinski definition) is 1. The van der Waals surface area contributed by atoms with Gasteiger partial charge in [-0.2, -0.15) is 5.10 Å². The van der Waals surface area contributed by atoms with E-state index in [0.29, 0.717) is 38.5 Å². The van der Waals surface area contributed by atoms with Crippen LogP contribution in [-0.4, -0.2) is 52.7 Å². The number of rotatable bonds is 12. The highest BCUT2D eigenvalue weighted by Crippen LogP contribution is 2.32. The van der Waals surface area contributed by atoms with Gasteiger partial charge in [0.15, 0.2) is 0 Å². The summed E-state index contributed by atoms with van der Waals surface area (Å²) in [6.07, 6.45) is 0.0917. The van der Waals surface area contributed by atoms with Gasteiger partial charge in [-0.1, -0.05) is 60.7 Å². The lowest BCUT2D eigenvalue weighted by molar-refractivity contribution is 0.0846. The van der Waals surface area contributed by atoms with E-state index in [9.17, 15) is 5.11 Å². The summed E-state index contributed by atoms with van der Waals surface area (Å²) in [5.41, 5.74) is 5.06. The Morgan fingerprint density at radius 2 is 1.67 bits per heavy atom. The number of aromatic nitrogens is 2. The molecule has 0 saturated carbocycles. The minimum absolute atomic E-state index is 0.505. The average molecular weight is 486 g/mol. The van der Waals surface area contributed by atoms with Crippen molar-refractivity contribution in [3.05, 3.63) is 107 Å². The summed E-state index contributed by atoms with van der Waals surface area (Å²) in [6, 6.07) is 28.1. The van der Waals surface area contributed by atoms with E-state index < -0.39 is 6.10 Å². The van der Waals surface area contributed by atoms with Crippen LogP contribution >= 0.6 is 0 Å². The van der Waals surface area contributed by atoms with Crippen LogP contribution < -0.4 is 4.74 Å². The number of aryl methyl sites for hydroxylation is 2. The molecule has 4 rings (SSSR count). The van der Waals surface area contributed by atoms with Gasteiger partial charge in [-0.15, -0.1) is 0 Å². The maximum atomic E-state index is 10.9. The molecule has 4 aromatic rings. The molecule has 0 saturated heterocycles. The summed E-state index contributed by atoms with van der Waals surface area (Å²) in [5, 5.41) is 15.8. The Bertz CT molecular complexity index is 1220. The molecule has 0 aliphatic rings. The molecule has 1 atom stereocenters. The van der Waals surface area contributed by atoms with Gasteiger partial charge in [0.05, 0.1) is 29.7 Å². The molecular formula is C30H35N3O3. The number of benzene rings is 3. The smallest absolute Gasteiger partial charge is 0.227 e. The van der Waals surface area contributed by atoms with E-state index in [1.54, 1.807) is 7.11 Å². The molecule has 0 fully saturated rings. The third-order valence-electron chi connectivity index (χ3n) is 6.12. The van der Waals surface area contributed by atoms with E-state index >= 15 is 0 Å². The van der Waals surface area contributed by atoms with Crippen LogP contribution in [-0.2, 0) is 17.7 Å². The predicted octanol–water partition coefficient (Wildman–Crippen LogP) is 5.33. The van der Waals surface area contributed by atoms with Crippen molar-refractivity contribution in [3.8, 4) is 17.3 Å². The van der Waals surface area contributed by atoms with Gasteiger partial charge in [0, 0.05) is 26.7 Å². The molecule has 0 aliphatic heterocycles. The van der Waals surface area contributed by atoms with Crippen molar-refractivity contribution >= 4 is 0 Å². The first-order valence-electron chi connectivity index (χ1n) is 12.3. The van der Waals surface area contributed by atoms with Crippen LogP contribution in [0.5, 0.6) is 11.6 Å². The zero-order chi connectivity index (χ0) is 25.3. The largest absolute Gasteiger partial charge is 0.439 e. The Morgan fingerprint density at radius 1 is 0.944 bits per heavy atom. The van der Waals surface area contributed by atoms with Crippen molar-refractivity contribution in [2.45, 2.75) is 32.9 Å². The van der Waals surface area contributed by atoms with Gasteiger partial charge in [0.25, 0.3) is 0 Å². The van der Waals surface area contributed by atoms with Crippen LogP contribution in [0.4, 0.5) is 0 Å². The van der Waals surface area contributed by atoms with Crippen LogP contribution in [0.15, 0.2) is 84.9 Å². The molecule has 0 spiro atoms. The lowest BCUT2D eigenvalue weighted by Gasteiger charge is -2.25. The second kappa shape index (κ2) is 12.5. The summed E-state index contributed by atoms with van der Waals surface area (Å²) in [5.74, 6) is 1.45. The highest BCUT2D eigenvalue weighted by atomic mass is 16.5. The van der Waals surface area contributed by atoms with Crippen molar-refractivity contribution in [1.82, 2.24) is 14.7 Å². The molecule has 1 aromatic heterocycles. The molecule has 188 valence electrons. The second-order valence-electron chi connectivity index (χ2n) is 9.11. The second-order valence-corrected chi connectivity index (χ2v) is 9.11. The third-order valence-corrected chi connectivity index (χ3v) is 6.12. The van der Waals surface area contributed by atoms with Gasteiger partial charge in [-0.3, -0.25) is 4.90 Å². The number of nitrogens with zero attached hydrogens (tertiary/aromatic N) is 3. The molecule has 0 amide bonds. The molecule has 36 heavy (non-hydrogen) atoms. The summed E-state index contributed by atoms with van der Waals surface area (Å²) < 4.78 is 13.7. The zero-order valence-electron chi connectivity index (χ0n) is 21.3. The van der Waals surface area contributed by atoms with Crippen LogP contribution in [0, 0.1) is 13.8 Å². The molecule has 0 radical (unpaired) electrons. The topological polar surface area (TPSA) is 59.8 Å². The normalized spacial score (nSPS) is 12.1. The van der Waals surface area contributed by atoms with Gasteiger partial charge in [0.2, 0.25) is 5.88 Å². The number of para-hydroxylation sites is 1. The fraction of sp³-hybridized carbons (Fsp3) is 0.300. The van der Waals surface area contributed by atoms with Crippen molar-refractivity contribution in [2.24, 2.45) is 0 Å². The van der Waals surface area contributed by atoms with E-state index in [2.05, 4.69) is 4.90 Å². The van der Waals surface area contributed by atoms with Gasteiger partial charge < -0.3 is 14.6 Å². The maximum absolute atomic E-state index is 10.9. The maximum Gasteiger partial charge on any atom is 0.227 e. The molecule has 1 N–H and O–H groups in total. The number of methoxy groups -OCH3 is 1. The van der Waals surface area contributed by atoms with Crippen molar-refractivity contribution in [3.63, 3.8) is 0 Å². The number of aliphatic hydroxyl groups is 1. The Labute approximate surface area is 213 Å². The average Bonchev–Trinajstić information content (AvgIpc) is 3.18. The molecular weight excluding hydrogens is 450 g/mol. The standard InChI is InChI=1S/C30H35N3O3/c1-23-11-10-16-28(19-23)36-30-29(24(2)31-33(30)26-14-8-5-9-15-26)22-32(17-18-35-3)21-27(34)20-25-12-6-4-7-13-25/h4-16,19,27,34H,17-18,20-22H2,1-3H3. The van der Waals surface area contributed by atoms with Gasteiger partial charge in [-0.05, 0) is 55.7 Å². The van der Waals surface area contributed by atoms with E-state index in [-0.39, 0.29) is 0 Å². The van der Waals surface area contributed by atoms with Crippen molar-refractivity contribution < 1.29 is 14.6 Å². The summed E-state index contributed by atoms with van der Waals surface area (Å²) in [6.45, 7) is 6.40. The minimum atomic E-state index is -0.505. The molecule has 1 heterocycles. The lowest BCUT2D eigenvalue weighted by Crippen LogP contribution is -2.35. The predicted molar refractivity (Wildman–Crippen MR) is 143 cm³/mol. The molecule has 0 bridgehead atoms. The van der Waals surface area contributed by atoms with Gasteiger partial charge in [-0.25, -0.2) is 4.68 Å². The Kier molecular flexibility index (Phi) is 8.90. The van der Waals surface area contributed by atoms with E-state index in [1.165, 1.54) is 0 Å². The Morgan fingerprint density at radius 3 is 2.36 bits per heavy atom. The molecule has 6 nitrogen and oxygen atoms in total. The summed E-state index contributed by atoms with van der Waals surface area (Å²) in [4.78, 5) is 2.21. The SMILES string of the molecule is COCCN(Cc1c(C)nn(-c2ccccc2)c1Oc1cccc(C)c1)CC(O)Cc1ccccc1. The summed E-state index contributed by atoms with van der Waals surface area (Å²) in [7, 11) is 1.70. The fourth-order valence-electron chi connectivity index (χ4n) is 4.29. The van der Waals surface area contributed by atoms with E-state index in [4.69, 9.17) is 14.6 Å². The number of ether oxygens (including phenoxy) is 2. The van der Waals surface area contributed by atoms with Crippen LogP contribution in [0.2, 0.25) is 0 Å². The first-order chi connectivity index (χ1) is 17.5. The highest BCUT2D eigenvalue weighted by Gasteiger charge is 2.22. The Hall–Kier alpha value is -3.45. The lowest BCUT2D eigenvalue weighted by atomic mass is 10.1. The quantitative estimate of drug-likeness (QED) is 0.294. The van der Waals surface area contributed by atoms with Gasteiger partial charge in [0.1, 0.15) is 5.75 Å². The number of aliphatic hydroxyl groups excluding tert-OH is 1. The van der Waals surface area contributed by atoms with Crippen LogP contribution in [0.1, 0.15) is 22.4 Å². The third kappa shape index (κ3) is 6.82. The minimum Gasteiger partial charge on any atom is -0.439 e. The number of hydrogen-bond acceptors (Lipinski definition) is 5. The van der Waals surface area contributed by atoms with Crippen molar-refractivity contribution in [1.29, 1.82) is 0 Å². The van der Waals surface area contributed by atoms with Crippen LogP contribution in [0.25, 0.3) is 5.69 Å². The molecule has 6 heteroatoms. The van der Waals surface area contributed by atoms with Crippen LogP contribution in [0.3, 0.4) is 0 Å². The first kappa shape index (κ1) is 25.6. The zero-order valence-corrected chi connectivity index (χ0v) is 21.3. The summed E-state index contributed by atoms with van der Waals surface area (Å²) >= 11 is 0. The Balaban J connectivity index is 1.63. The molecule has 1 unspecified atom stereocenters. The first-order valence-corrected chi connectivity index (χ1v) is 12.3. The van der Waals surface area contributed by atoms with E-state index in [0.717, 1.165) is 33.8 Å². The van der Waals surface area contributed by atoms with E-state index in [1.807, 2.05) is 103 Å². The monoisotopic (exact) mass is 485 g/mol. The molecule has 0 aliphatic carbocycles. The fourth-order valence-corrected chi connectivity index (χ4v) is 4.29. The van der Waals surface area contributed by atoms with Crippen molar-refractivity contribution in [2.75, 3.05) is 26.8 Å². The van der Waals surface area contributed by atoms with Gasteiger partial charge >= 0.3 is 0 Å². The molecule has 3 aromatic carbocycles. The highest BCUT2D eigenvalue weighted by molar-refractivity contribution is 5.43.